The van der Waals surface area contributed by atoms with Crippen LogP contribution in [0.25, 0.3) is 10.9 Å². The molecule has 100 valence electrons. The normalized spacial score (nSPS) is 12.3. The lowest BCUT2D eigenvalue weighted by Gasteiger charge is -2.12. The summed E-state index contributed by atoms with van der Waals surface area (Å²) >= 11 is 0. The van der Waals surface area contributed by atoms with Crippen LogP contribution in [0, 0.1) is 5.92 Å². The van der Waals surface area contributed by atoms with Gasteiger partial charge in [-0.15, -0.1) is 0 Å². The molecule has 0 bridgehead atoms. The number of hydrogen-bond donors (Lipinski definition) is 2. The highest BCUT2D eigenvalue weighted by Gasteiger charge is 2.10. The molecule has 1 unspecified atom stereocenters. The van der Waals surface area contributed by atoms with Gasteiger partial charge in [0.2, 0.25) is 0 Å². The summed E-state index contributed by atoms with van der Waals surface area (Å²) in [5, 5.41) is 6.96. The summed E-state index contributed by atoms with van der Waals surface area (Å²) in [5.41, 5.74) is 1.53. The van der Waals surface area contributed by atoms with Crippen LogP contribution in [0.1, 0.15) is 17.3 Å². The fraction of sp³-hybridized carbons (Fsp3) is 0.333. The van der Waals surface area contributed by atoms with Crippen LogP contribution in [0.2, 0.25) is 0 Å². The van der Waals surface area contributed by atoms with Crippen molar-refractivity contribution in [3.8, 4) is 0 Å². The van der Waals surface area contributed by atoms with Crippen molar-refractivity contribution in [1.82, 2.24) is 15.6 Å². The number of nitrogens with zero attached hydrogens (tertiary/aromatic N) is 1. The molecule has 0 spiro atoms. The van der Waals surface area contributed by atoms with E-state index >= 15 is 0 Å². The first kappa shape index (κ1) is 13.5. The Kier molecular flexibility index (Phi) is 4.47. The van der Waals surface area contributed by atoms with Gasteiger partial charge in [0.05, 0.1) is 5.52 Å². The maximum Gasteiger partial charge on any atom is 0.251 e. The summed E-state index contributed by atoms with van der Waals surface area (Å²) in [7, 11) is 1.91. The number of hydrogen-bond acceptors (Lipinski definition) is 3. The second-order valence-corrected chi connectivity index (χ2v) is 4.75. The van der Waals surface area contributed by atoms with E-state index in [1.165, 1.54) is 0 Å². The average molecular weight is 257 g/mol. The Morgan fingerprint density at radius 1 is 1.26 bits per heavy atom. The number of carbonyl (C=O) groups is 1. The summed E-state index contributed by atoms with van der Waals surface area (Å²) in [6.45, 7) is 3.65. The van der Waals surface area contributed by atoms with Gasteiger partial charge in [-0.25, -0.2) is 0 Å². The van der Waals surface area contributed by atoms with Crippen LogP contribution in [-0.4, -0.2) is 31.0 Å². The Hall–Kier alpha value is -1.94. The molecule has 19 heavy (non-hydrogen) atoms. The molecule has 2 rings (SSSR count). The zero-order chi connectivity index (χ0) is 13.7. The van der Waals surface area contributed by atoms with E-state index < -0.39 is 0 Å². The second-order valence-electron chi connectivity index (χ2n) is 4.75. The van der Waals surface area contributed by atoms with Crippen molar-refractivity contribution in [2.24, 2.45) is 5.92 Å². The Balaban J connectivity index is 2.13. The lowest BCUT2D eigenvalue weighted by atomic mass is 10.1. The molecule has 1 amide bonds. The molecule has 4 nitrogen and oxygen atoms in total. The van der Waals surface area contributed by atoms with E-state index in [0.717, 1.165) is 17.4 Å². The van der Waals surface area contributed by atoms with Crippen LogP contribution in [0.4, 0.5) is 0 Å². The standard InChI is InChI=1S/C15H19N3O/c1-11(9-16-2)10-18-15(19)13-5-3-7-14-12(13)6-4-8-17-14/h3-8,11,16H,9-10H2,1-2H3,(H,18,19). The first-order valence-electron chi connectivity index (χ1n) is 6.49. The van der Waals surface area contributed by atoms with Crippen LogP contribution in [0.3, 0.4) is 0 Å². The maximum atomic E-state index is 12.2. The molecule has 0 aliphatic rings. The fourth-order valence-corrected chi connectivity index (χ4v) is 2.08. The van der Waals surface area contributed by atoms with E-state index in [1.54, 1.807) is 6.20 Å². The van der Waals surface area contributed by atoms with Gasteiger partial charge in [-0.05, 0) is 37.7 Å². The van der Waals surface area contributed by atoms with Crippen molar-refractivity contribution in [2.75, 3.05) is 20.1 Å². The van der Waals surface area contributed by atoms with Crippen LogP contribution >= 0.6 is 0 Å². The number of amides is 1. The van der Waals surface area contributed by atoms with E-state index in [4.69, 9.17) is 0 Å². The quantitative estimate of drug-likeness (QED) is 0.859. The van der Waals surface area contributed by atoms with Crippen molar-refractivity contribution >= 4 is 16.8 Å². The summed E-state index contributed by atoms with van der Waals surface area (Å²) in [6, 6.07) is 9.39. The van der Waals surface area contributed by atoms with E-state index in [2.05, 4.69) is 22.5 Å². The van der Waals surface area contributed by atoms with Gasteiger partial charge in [-0.2, -0.15) is 0 Å². The van der Waals surface area contributed by atoms with E-state index in [-0.39, 0.29) is 5.91 Å². The molecule has 0 fully saturated rings. The predicted molar refractivity (Wildman–Crippen MR) is 77.2 cm³/mol. The van der Waals surface area contributed by atoms with Crippen LogP contribution in [0.15, 0.2) is 36.5 Å². The van der Waals surface area contributed by atoms with Crippen LogP contribution in [-0.2, 0) is 0 Å². The van der Waals surface area contributed by atoms with Crippen molar-refractivity contribution in [2.45, 2.75) is 6.92 Å². The molecular weight excluding hydrogens is 238 g/mol. The Bertz CT molecular complexity index is 563. The third-order valence-corrected chi connectivity index (χ3v) is 3.05. The van der Waals surface area contributed by atoms with Crippen molar-refractivity contribution in [1.29, 1.82) is 0 Å². The highest BCUT2D eigenvalue weighted by molar-refractivity contribution is 6.06. The fourth-order valence-electron chi connectivity index (χ4n) is 2.08. The van der Waals surface area contributed by atoms with E-state index in [0.29, 0.717) is 18.0 Å². The number of pyridine rings is 1. The summed E-state index contributed by atoms with van der Waals surface area (Å²) in [5.74, 6) is 0.364. The molecule has 1 aromatic carbocycles. The van der Waals surface area contributed by atoms with Crippen LogP contribution in [0.5, 0.6) is 0 Å². The monoisotopic (exact) mass is 257 g/mol. The van der Waals surface area contributed by atoms with Crippen molar-refractivity contribution in [3.63, 3.8) is 0 Å². The molecule has 1 aromatic heterocycles. The third-order valence-electron chi connectivity index (χ3n) is 3.05. The summed E-state index contributed by atoms with van der Waals surface area (Å²) in [6.07, 6.45) is 1.74. The molecule has 0 radical (unpaired) electrons. The molecule has 2 aromatic rings. The number of benzene rings is 1. The molecule has 4 heteroatoms. The molecule has 0 aliphatic heterocycles. The second kappa shape index (κ2) is 6.29. The smallest absolute Gasteiger partial charge is 0.251 e. The third kappa shape index (κ3) is 3.29. The molecular formula is C15H19N3O. The number of carbonyl (C=O) groups excluding carboxylic acids is 1. The number of rotatable bonds is 5. The topological polar surface area (TPSA) is 54.0 Å². The molecule has 0 saturated carbocycles. The highest BCUT2D eigenvalue weighted by Crippen LogP contribution is 2.16. The first-order chi connectivity index (χ1) is 9.22. The number of fused-ring (bicyclic) bond motifs is 1. The zero-order valence-electron chi connectivity index (χ0n) is 11.3. The molecule has 0 saturated heterocycles. The van der Waals surface area contributed by atoms with Gasteiger partial charge in [0.1, 0.15) is 0 Å². The van der Waals surface area contributed by atoms with Gasteiger partial charge in [-0.3, -0.25) is 9.78 Å². The summed E-state index contributed by atoms with van der Waals surface area (Å²) in [4.78, 5) is 16.5. The Morgan fingerprint density at radius 3 is 2.89 bits per heavy atom. The number of nitrogens with one attached hydrogen (secondary N) is 2. The average Bonchev–Trinajstić information content (AvgIpc) is 2.44. The minimum absolute atomic E-state index is 0.0402. The molecule has 1 heterocycles. The minimum atomic E-state index is -0.0402. The molecule has 1 atom stereocenters. The van der Waals surface area contributed by atoms with E-state index in [1.807, 2.05) is 37.4 Å². The van der Waals surface area contributed by atoms with Gasteiger partial charge in [0, 0.05) is 23.7 Å². The Morgan fingerprint density at radius 2 is 2.11 bits per heavy atom. The van der Waals surface area contributed by atoms with E-state index in [9.17, 15) is 4.79 Å². The van der Waals surface area contributed by atoms with Crippen LogP contribution < -0.4 is 10.6 Å². The Labute approximate surface area is 113 Å². The maximum absolute atomic E-state index is 12.2. The lowest BCUT2D eigenvalue weighted by Crippen LogP contribution is -2.32. The van der Waals surface area contributed by atoms with Crippen molar-refractivity contribution < 1.29 is 4.79 Å². The van der Waals surface area contributed by atoms with Crippen molar-refractivity contribution in [3.05, 3.63) is 42.1 Å². The van der Waals surface area contributed by atoms with Gasteiger partial charge in [0.15, 0.2) is 0 Å². The SMILES string of the molecule is CNCC(C)CNC(=O)c1cccc2ncccc12. The highest BCUT2D eigenvalue weighted by atomic mass is 16.1. The van der Waals surface area contributed by atoms with Gasteiger partial charge < -0.3 is 10.6 Å². The molecule has 0 aliphatic carbocycles. The zero-order valence-corrected chi connectivity index (χ0v) is 11.3. The predicted octanol–water partition coefficient (Wildman–Crippen LogP) is 1.82. The summed E-state index contributed by atoms with van der Waals surface area (Å²) < 4.78 is 0. The molecule has 2 N–H and O–H groups in total. The largest absolute Gasteiger partial charge is 0.352 e. The first-order valence-corrected chi connectivity index (χ1v) is 6.49. The lowest BCUT2D eigenvalue weighted by molar-refractivity contribution is 0.0950. The number of aromatic nitrogens is 1. The minimum Gasteiger partial charge on any atom is -0.352 e. The van der Waals surface area contributed by atoms with Gasteiger partial charge >= 0.3 is 0 Å². The van der Waals surface area contributed by atoms with Gasteiger partial charge in [0.25, 0.3) is 5.91 Å². The van der Waals surface area contributed by atoms with Gasteiger partial charge in [-0.1, -0.05) is 19.1 Å².